The summed E-state index contributed by atoms with van der Waals surface area (Å²) in [4.78, 5) is 17.9. The number of piperidine rings is 1. The molecule has 1 fully saturated rings. The predicted molar refractivity (Wildman–Crippen MR) is 75.7 cm³/mol. The molecular formula is C14H22N4O. The second-order valence-corrected chi connectivity index (χ2v) is 4.99. The van der Waals surface area contributed by atoms with Gasteiger partial charge in [0.05, 0.1) is 5.92 Å². The molecule has 5 nitrogen and oxygen atoms in total. The van der Waals surface area contributed by atoms with Gasteiger partial charge in [-0.05, 0) is 31.0 Å². The van der Waals surface area contributed by atoms with Crippen LogP contribution in [0.5, 0.6) is 0 Å². The van der Waals surface area contributed by atoms with Gasteiger partial charge in [-0.3, -0.25) is 4.79 Å². The minimum Gasteiger partial charge on any atom is -0.369 e. The number of anilines is 1. The SMILES string of the molecule is CCNCc1ccc(N2CCCC(C(N)=O)C2)nc1. The third kappa shape index (κ3) is 3.67. The Morgan fingerprint density at radius 3 is 3.05 bits per heavy atom. The summed E-state index contributed by atoms with van der Waals surface area (Å²) in [7, 11) is 0. The molecule has 1 saturated heterocycles. The van der Waals surface area contributed by atoms with Crippen LogP contribution in [0.1, 0.15) is 25.3 Å². The van der Waals surface area contributed by atoms with Gasteiger partial charge in [0, 0.05) is 25.8 Å². The molecule has 3 N–H and O–H groups in total. The van der Waals surface area contributed by atoms with Crippen molar-refractivity contribution in [1.82, 2.24) is 10.3 Å². The molecule has 1 aliphatic rings. The Balaban J connectivity index is 1.99. The van der Waals surface area contributed by atoms with Crippen molar-refractivity contribution in [2.24, 2.45) is 11.7 Å². The molecule has 1 atom stereocenters. The maximum Gasteiger partial charge on any atom is 0.222 e. The molecule has 1 aromatic rings. The fourth-order valence-corrected chi connectivity index (χ4v) is 2.40. The summed E-state index contributed by atoms with van der Waals surface area (Å²) in [5.41, 5.74) is 6.57. The van der Waals surface area contributed by atoms with Gasteiger partial charge in [0.15, 0.2) is 0 Å². The van der Waals surface area contributed by atoms with E-state index in [-0.39, 0.29) is 11.8 Å². The van der Waals surface area contributed by atoms with Crippen molar-refractivity contribution >= 4 is 11.7 Å². The Morgan fingerprint density at radius 1 is 1.58 bits per heavy atom. The number of nitrogens with zero attached hydrogens (tertiary/aromatic N) is 2. The maximum atomic E-state index is 11.3. The Labute approximate surface area is 114 Å². The molecule has 5 heteroatoms. The topological polar surface area (TPSA) is 71.2 Å². The molecule has 0 aliphatic carbocycles. The Bertz CT molecular complexity index is 418. The third-order valence-electron chi connectivity index (χ3n) is 3.54. The van der Waals surface area contributed by atoms with Crippen LogP contribution in [0, 0.1) is 5.92 Å². The van der Waals surface area contributed by atoms with Gasteiger partial charge in [0.2, 0.25) is 5.91 Å². The number of nitrogens with two attached hydrogens (primary N) is 1. The summed E-state index contributed by atoms with van der Waals surface area (Å²) < 4.78 is 0. The van der Waals surface area contributed by atoms with Crippen LogP contribution in [0.4, 0.5) is 5.82 Å². The fourth-order valence-electron chi connectivity index (χ4n) is 2.40. The number of carbonyl (C=O) groups is 1. The van der Waals surface area contributed by atoms with E-state index in [4.69, 9.17) is 5.73 Å². The Hall–Kier alpha value is -1.62. The first kappa shape index (κ1) is 13.8. The van der Waals surface area contributed by atoms with Crippen molar-refractivity contribution in [3.8, 4) is 0 Å². The van der Waals surface area contributed by atoms with Crippen molar-refractivity contribution in [3.05, 3.63) is 23.9 Å². The zero-order valence-electron chi connectivity index (χ0n) is 11.4. The second kappa shape index (κ2) is 6.52. The summed E-state index contributed by atoms with van der Waals surface area (Å²) in [6.07, 6.45) is 3.78. The van der Waals surface area contributed by atoms with Crippen LogP contribution in [-0.2, 0) is 11.3 Å². The fraction of sp³-hybridized carbons (Fsp3) is 0.571. The summed E-state index contributed by atoms with van der Waals surface area (Å²) in [5, 5.41) is 3.27. The van der Waals surface area contributed by atoms with Crippen molar-refractivity contribution in [3.63, 3.8) is 0 Å². The van der Waals surface area contributed by atoms with Gasteiger partial charge in [-0.25, -0.2) is 4.98 Å². The largest absolute Gasteiger partial charge is 0.369 e. The van der Waals surface area contributed by atoms with E-state index in [9.17, 15) is 4.79 Å². The summed E-state index contributed by atoms with van der Waals surface area (Å²) in [6.45, 7) is 5.51. The molecular weight excluding hydrogens is 240 g/mol. The lowest BCUT2D eigenvalue weighted by Gasteiger charge is -2.32. The molecule has 104 valence electrons. The zero-order chi connectivity index (χ0) is 13.7. The number of carbonyl (C=O) groups excluding carboxylic acids is 1. The van der Waals surface area contributed by atoms with Gasteiger partial charge in [-0.15, -0.1) is 0 Å². The molecule has 1 amide bonds. The quantitative estimate of drug-likeness (QED) is 0.827. The number of hydrogen-bond donors (Lipinski definition) is 2. The highest BCUT2D eigenvalue weighted by atomic mass is 16.1. The first-order chi connectivity index (χ1) is 9.20. The summed E-state index contributed by atoms with van der Waals surface area (Å²) >= 11 is 0. The molecule has 0 saturated carbocycles. The zero-order valence-corrected chi connectivity index (χ0v) is 11.4. The van der Waals surface area contributed by atoms with E-state index in [1.807, 2.05) is 12.3 Å². The highest BCUT2D eigenvalue weighted by molar-refractivity contribution is 5.77. The number of rotatable bonds is 5. The average Bonchev–Trinajstić information content (AvgIpc) is 2.46. The number of nitrogens with one attached hydrogen (secondary N) is 1. The lowest BCUT2D eigenvalue weighted by molar-refractivity contribution is -0.122. The van der Waals surface area contributed by atoms with Crippen LogP contribution in [0.2, 0.25) is 0 Å². The highest BCUT2D eigenvalue weighted by Gasteiger charge is 2.24. The lowest BCUT2D eigenvalue weighted by Crippen LogP contribution is -2.41. The molecule has 0 radical (unpaired) electrons. The molecule has 2 rings (SSSR count). The number of pyridine rings is 1. The van der Waals surface area contributed by atoms with Gasteiger partial charge in [0.25, 0.3) is 0 Å². The van der Waals surface area contributed by atoms with Crippen LogP contribution in [0.3, 0.4) is 0 Å². The van der Waals surface area contributed by atoms with Crippen molar-refractivity contribution in [1.29, 1.82) is 0 Å². The molecule has 2 heterocycles. The molecule has 1 unspecified atom stereocenters. The number of aromatic nitrogens is 1. The van der Waals surface area contributed by atoms with E-state index >= 15 is 0 Å². The van der Waals surface area contributed by atoms with Crippen LogP contribution in [0.15, 0.2) is 18.3 Å². The van der Waals surface area contributed by atoms with Crippen molar-refractivity contribution in [2.45, 2.75) is 26.3 Å². The maximum absolute atomic E-state index is 11.3. The molecule has 0 bridgehead atoms. The third-order valence-corrected chi connectivity index (χ3v) is 3.54. The van der Waals surface area contributed by atoms with Crippen LogP contribution in [0.25, 0.3) is 0 Å². The van der Waals surface area contributed by atoms with Gasteiger partial charge in [-0.1, -0.05) is 13.0 Å². The van der Waals surface area contributed by atoms with Gasteiger partial charge in [0.1, 0.15) is 5.82 Å². The van der Waals surface area contributed by atoms with E-state index in [0.717, 1.165) is 38.3 Å². The van der Waals surface area contributed by atoms with Crippen LogP contribution in [-0.4, -0.2) is 30.5 Å². The lowest BCUT2D eigenvalue weighted by atomic mass is 9.97. The normalized spacial score (nSPS) is 19.4. The standard InChI is InChI=1S/C14H22N4O/c1-2-16-8-11-5-6-13(17-9-11)18-7-3-4-12(10-18)14(15)19/h5-6,9,12,16H,2-4,7-8,10H2,1H3,(H2,15,19). The van der Waals surface area contributed by atoms with Gasteiger partial charge >= 0.3 is 0 Å². The molecule has 0 spiro atoms. The molecule has 19 heavy (non-hydrogen) atoms. The van der Waals surface area contributed by atoms with Crippen LogP contribution < -0.4 is 16.0 Å². The number of amides is 1. The van der Waals surface area contributed by atoms with E-state index in [1.165, 1.54) is 5.56 Å². The van der Waals surface area contributed by atoms with E-state index < -0.39 is 0 Å². The summed E-state index contributed by atoms with van der Waals surface area (Å²) in [6, 6.07) is 4.11. The first-order valence-electron chi connectivity index (χ1n) is 6.90. The predicted octanol–water partition coefficient (Wildman–Crippen LogP) is 0.893. The minimum atomic E-state index is -0.200. The monoisotopic (exact) mass is 262 g/mol. The smallest absolute Gasteiger partial charge is 0.222 e. The molecule has 0 aromatic carbocycles. The van der Waals surface area contributed by atoms with E-state index in [2.05, 4.69) is 28.2 Å². The van der Waals surface area contributed by atoms with Gasteiger partial charge < -0.3 is 16.0 Å². The number of primary amides is 1. The second-order valence-electron chi connectivity index (χ2n) is 4.99. The van der Waals surface area contributed by atoms with E-state index in [1.54, 1.807) is 0 Å². The highest BCUT2D eigenvalue weighted by Crippen LogP contribution is 2.21. The number of hydrogen-bond acceptors (Lipinski definition) is 4. The van der Waals surface area contributed by atoms with Crippen molar-refractivity contribution < 1.29 is 4.79 Å². The van der Waals surface area contributed by atoms with Gasteiger partial charge in [-0.2, -0.15) is 0 Å². The Kier molecular flexibility index (Phi) is 4.74. The van der Waals surface area contributed by atoms with Crippen molar-refractivity contribution in [2.75, 3.05) is 24.5 Å². The molecule has 1 aromatic heterocycles. The first-order valence-corrected chi connectivity index (χ1v) is 6.90. The minimum absolute atomic E-state index is 0.0445. The average molecular weight is 262 g/mol. The molecule has 1 aliphatic heterocycles. The van der Waals surface area contributed by atoms with E-state index in [0.29, 0.717) is 6.54 Å². The Morgan fingerprint density at radius 2 is 2.42 bits per heavy atom. The summed E-state index contributed by atoms with van der Waals surface area (Å²) in [5.74, 6) is 0.691. The van der Waals surface area contributed by atoms with Crippen LogP contribution >= 0.6 is 0 Å².